The summed E-state index contributed by atoms with van der Waals surface area (Å²) in [5, 5.41) is 0. The van der Waals surface area contributed by atoms with Gasteiger partial charge in [-0.2, -0.15) is 0 Å². The molecule has 3 aromatic carbocycles. The van der Waals surface area contributed by atoms with Crippen LogP contribution in [-0.4, -0.2) is 9.38 Å². The Labute approximate surface area is 171 Å². The molecule has 0 aliphatic heterocycles. The summed E-state index contributed by atoms with van der Waals surface area (Å²) < 4.78 is 8.29. The minimum Gasteiger partial charge on any atom is -0.489 e. The summed E-state index contributed by atoms with van der Waals surface area (Å²) in [6, 6.07) is 23.8. The first-order valence-electron chi connectivity index (χ1n) is 9.37. The van der Waals surface area contributed by atoms with Crippen molar-refractivity contribution in [2.24, 2.45) is 0 Å². The molecule has 0 saturated heterocycles. The zero-order valence-electron chi connectivity index (χ0n) is 15.8. The predicted molar refractivity (Wildman–Crippen MR) is 118 cm³/mol. The maximum Gasteiger partial charge on any atom is 0.274 e. The Morgan fingerprint density at radius 3 is 2.79 bits per heavy atom. The Morgan fingerprint density at radius 1 is 1.03 bits per heavy atom. The number of rotatable bonds is 4. The van der Waals surface area contributed by atoms with Crippen LogP contribution in [0.15, 0.2) is 77.6 Å². The summed E-state index contributed by atoms with van der Waals surface area (Å²) in [7, 11) is 0. The Bertz CT molecular complexity index is 1450. The molecule has 4 nitrogen and oxygen atoms in total. The molecule has 0 atom stereocenters. The number of fused-ring (bicyclic) bond motifs is 3. The van der Waals surface area contributed by atoms with Gasteiger partial charge in [-0.1, -0.05) is 65.4 Å². The van der Waals surface area contributed by atoms with Crippen molar-refractivity contribution in [2.75, 3.05) is 0 Å². The number of ether oxygens (including phenoxy) is 1. The maximum absolute atomic E-state index is 12.9. The summed E-state index contributed by atoms with van der Waals surface area (Å²) in [6.45, 7) is 2.58. The van der Waals surface area contributed by atoms with Crippen LogP contribution in [0.3, 0.4) is 0 Å². The van der Waals surface area contributed by atoms with Gasteiger partial charge in [0, 0.05) is 0 Å². The third-order valence-corrected chi connectivity index (χ3v) is 5.76. The van der Waals surface area contributed by atoms with Crippen LogP contribution < -0.4 is 14.8 Å². The van der Waals surface area contributed by atoms with Crippen molar-refractivity contribution in [2.45, 2.75) is 13.5 Å². The third kappa shape index (κ3) is 3.41. The molecule has 5 rings (SSSR count). The molecule has 0 unspecified atom stereocenters. The van der Waals surface area contributed by atoms with Crippen molar-refractivity contribution < 1.29 is 4.74 Å². The van der Waals surface area contributed by atoms with E-state index in [-0.39, 0.29) is 5.56 Å². The number of hydrogen-bond acceptors (Lipinski definition) is 4. The van der Waals surface area contributed by atoms with Crippen molar-refractivity contribution in [1.82, 2.24) is 9.38 Å². The highest BCUT2D eigenvalue weighted by Gasteiger charge is 2.10. The highest BCUT2D eigenvalue weighted by Crippen LogP contribution is 2.18. The van der Waals surface area contributed by atoms with Crippen molar-refractivity contribution in [3.63, 3.8) is 0 Å². The molecule has 0 radical (unpaired) electrons. The normalized spacial score (nSPS) is 12.1. The van der Waals surface area contributed by atoms with E-state index in [0.717, 1.165) is 27.9 Å². The topological polar surface area (TPSA) is 43.6 Å². The minimum atomic E-state index is -0.0372. The Kier molecular flexibility index (Phi) is 4.37. The number of imidazole rings is 1. The molecule has 5 aromatic rings. The van der Waals surface area contributed by atoms with E-state index in [1.54, 1.807) is 4.40 Å². The summed E-state index contributed by atoms with van der Waals surface area (Å²) in [5.74, 6) is 0.777. The van der Waals surface area contributed by atoms with Gasteiger partial charge in [0.25, 0.3) is 5.56 Å². The fourth-order valence-electron chi connectivity index (χ4n) is 3.43. The van der Waals surface area contributed by atoms with Crippen LogP contribution in [0.1, 0.15) is 16.7 Å². The average molecular weight is 398 g/mol. The van der Waals surface area contributed by atoms with Gasteiger partial charge >= 0.3 is 0 Å². The predicted octanol–water partition coefficient (Wildman–Crippen LogP) is 4.34. The van der Waals surface area contributed by atoms with Crippen LogP contribution in [0.2, 0.25) is 0 Å². The van der Waals surface area contributed by atoms with Crippen LogP contribution in [0.4, 0.5) is 0 Å². The lowest BCUT2D eigenvalue weighted by Gasteiger charge is -2.07. The van der Waals surface area contributed by atoms with Gasteiger partial charge < -0.3 is 4.74 Å². The molecule has 0 spiro atoms. The largest absolute Gasteiger partial charge is 0.489 e. The van der Waals surface area contributed by atoms with Crippen LogP contribution in [0.25, 0.3) is 22.1 Å². The number of para-hydroxylation sites is 2. The van der Waals surface area contributed by atoms with Gasteiger partial charge in [-0.15, -0.1) is 0 Å². The first-order valence-corrected chi connectivity index (χ1v) is 10.2. The zero-order chi connectivity index (χ0) is 19.8. The molecule has 0 fully saturated rings. The fraction of sp³-hybridized carbons (Fsp3) is 0.0833. The Hall–Kier alpha value is -3.44. The lowest BCUT2D eigenvalue weighted by atomic mass is 10.1. The van der Waals surface area contributed by atoms with Gasteiger partial charge in [-0.05, 0) is 48.4 Å². The molecule has 0 N–H and O–H groups in total. The zero-order valence-corrected chi connectivity index (χ0v) is 16.6. The van der Waals surface area contributed by atoms with Crippen molar-refractivity contribution >= 4 is 33.4 Å². The Morgan fingerprint density at radius 2 is 1.90 bits per heavy atom. The van der Waals surface area contributed by atoms with Crippen molar-refractivity contribution in [3.8, 4) is 5.75 Å². The lowest BCUT2D eigenvalue weighted by Crippen LogP contribution is -2.22. The van der Waals surface area contributed by atoms with Gasteiger partial charge in [-0.25, -0.2) is 9.38 Å². The smallest absolute Gasteiger partial charge is 0.274 e. The molecule has 29 heavy (non-hydrogen) atoms. The van der Waals surface area contributed by atoms with Gasteiger partial charge in [0.05, 0.1) is 15.6 Å². The fourth-order valence-corrected chi connectivity index (χ4v) is 4.41. The molecule has 5 heteroatoms. The highest BCUT2D eigenvalue weighted by atomic mass is 32.1. The van der Waals surface area contributed by atoms with E-state index in [0.29, 0.717) is 16.1 Å². The average Bonchev–Trinajstić information content (AvgIpc) is 3.23. The SMILES string of the molecule is Cc1cccc(COc2cccc(/C=c3\sc4nc5ccccc5n4c3=O)c2)c1. The Balaban J connectivity index is 1.47. The van der Waals surface area contributed by atoms with Gasteiger partial charge in [-0.3, -0.25) is 4.79 Å². The van der Waals surface area contributed by atoms with Gasteiger partial charge in [0.2, 0.25) is 0 Å². The summed E-state index contributed by atoms with van der Waals surface area (Å²) >= 11 is 1.41. The molecule has 0 bridgehead atoms. The molecule has 0 aliphatic rings. The number of thiazole rings is 1. The number of benzene rings is 3. The lowest BCUT2D eigenvalue weighted by molar-refractivity contribution is 0.306. The number of nitrogens with zero attached hydrogens (tertiary/aromatic N) is 2. The highest BCUT2D eigenvalue weighted by molar-refractivity contribution is 7.15. The molecule has 0 amide bonds. The van der Waals surface area contributed by atoms with Crippen LogP contribution in [0.5, 0.6) is 5.75 Å². The molecular weight excluding hydrogens is 380 g/mol. The standard InChI is InChI=1S/C24H18N2O2S/c1-16-6-4-8-18(12-16)15-28-19-9-5-7-17(13-19)14-22-23(27)26-21-11-3-2-10-20(21)25-24(26)29-22/h2-14H,15H2,1H3/b22-14-. The molecule has 0 saturated carbocycles. The van der Waals surface area contributed by atoms with Crippen molar-refractivity contribution in [1.29, 1.82) is 0 Å². The third-order valence-electron chi connectivity index (χ3n) is 4.79. The monoisotopic (exact) mass is 398 g/mol. The second kappa shape index (κ2) is 7.18. The maximum atomic E-state index is 12.9. The second-order valence-electron chi connectivity index (χ2n) is 6.98. The van der Waals surface area contributed by atoms with Gasteiger partial charge in [0.1, 0.15) is 12.4 Å². The molecule has 2 aromatic heterocycles. The number of aromatic nitrogens is 2. The first-order chi connectivity index (χ1) is 14.2. The number of aryl methyl sites for hydroxylation is 1. The van der Waals surface area contributed by atoms with Crippen LogP contribution in [-0.2, 0) is 6.61 Å². The second-order valence-corrected chi connectivity index (χ2v) is 7.99. The van der Waals surface area contributed by atoms with E-state index >= 15 is 0 Å². The van der Waals surface area contributed by atoms with E-state index in [1.165, 1.54) is 16.9 Å². The minimum absolute atomic E-state index is 0.0372. The summed E-state index contributed by atoms with van der Waals surface area (Å²) in [4.78, 5) is 18.2. The van der Waals surface area contributed by atoms with Crippen molar-refractivity contribution in [3.05, 3.63) is 104 Å². The quantitative estimate of drug-likeness (QED) is 0.452. The molecular formula is C24H18N2O2S. The van der Waals surface area contributed by atoms with E-state index in [4.69, 9.17) is 4.74 Å². The van der Waals surface area contributed by atoms with E-state index in [2.05, 4.69) is 30.1 Å². The molecule has 2 heterocycles. The summed E-state index contributed by atoms with van der Waals surface area (Å²) in [5.41, 5.74) is 4.92. The molecule has 142 valence electrons. The van der Waals surface area contributed by atoms with Crippen LogP contribution in [0, 0.1) is 6.92 Å². The van der Waals surface area contributed by atoms with E-state index in [1.807, 2.05) is 60.7 Å². The summed E-state index contributed by atoms with van der Waals surface area (Å²) in [6.07, 6.45) is 1.90. The number of hydrogen-bond donors (Lipinski definition) is 0. The molecule has 0 aliphatic carbocycles. The van der Waals surface area contributed by atoms with E-state index < -0.39 is 0 Å². The van der Waals surface area contributed by atoms with Gasteiger partial charge in [0.15, 0.2) is 4.96 Å². The van der Waals surface area contributed by atoms with E-state index in [9.17, 15) is 4.79 Å². The van der Waals surface area contributed by atoms with Crippen LogP contribution >= 0.6 is 11.3 Å². The first kappa shape index (κ1) is 17.6.